The predicted octanol–water partition coefficient (Wildman–Crippen LogP) is 9.16. The molecule has 188 valence electrons. The van der Waals surface area contributed by atoms with E-state index in [9.17, 15) is 0 Å². The molecule has 6 aromatic rings. The minimum atomic E-state index is -0.319. The van der Waals surface area contributed by atoms with Gasteiger partial charge in [-0.2, -0.15) is 0 Å². The van der Waals surface area contributed by atoms with Crippen molar-refractivity contribution in [3.63, 3.8) is 0 Å². The molecule has 0 atom stereocenters. The van der Waals surface area contributed by atoms with Crippen molar-refractivity contribution in [1.82, 2.24) is 0 Å². The molecule has 0 saturated heterocycles. The number of pyridine rings is 1. The van der Waals surface area contributed by atoms with Gasteiger partial charge in [0.05, 0.1) is 11.1 Å². The van der Waals surface area contributed by atoms with E-state index in [1.165, 1.54) is 11.6 Å². The zero-order chi connectivity index (χ0) is 27.5. The summed E-state index contributed by atoms with van der Waals surface area (Å²) in [7, 11) is 1.88. The monoisotopic (exact) mass is 501 g/mol. The summed E-state index contributed by atoms with van der Waals surface area (Å²) in [6.45, 7) is 8.67. The van der Waals surface area contributed by atoms with E-state index in [4.69, 9.17) is 5.79 Å². The number of halogens is 1. The lowest BCUT2D eigenvalue weighted by Crippen LogP contribution is -2.30. The molecule has 2 nitrogen and oxygen atoms in total. The number of aryl methyl sites for hydroxylation is 1. The summed E-state index contributed by atoms with van der Waals surface area (Å²) < 4.78 is 32.1. The minimum absolute atomic E-state index is 0.0618. The van der Waals surface area contributed by atoms with E-state index in [1.54, 1.807) is 12.1 Å². The first-order valence-electron chi connectivity index (χ1n) is 13.4. The highest BCUT2D eigenvalue weighted by Crippen LogP contribution is 2.42. The van der Waals surface area contributed by atoms with Crippen molar-refractivity contribution in [2.45, 2.75) is 33.1 Å². The van der Waals surface area contributed by atoms with Crippen LogP contribution in [0.25, 0.3) is 55.4 Å². The SMILES string of the molecule is [2H]c1cccc(-c2c(C)ccc3c2oc2c(-c4ccc(-c5cccc(C(C)(C)C)c5)cc4)c(F)ccc23)[n+]1C. The van der Waals surface area contributed by atoms with Crippen LogP contribution in [-0.2, 0) is 12.5 Å². The number of fused-ring (bicyclic) bond motifs is 3. The fourth-order valence-corrected chi connectivity index (χ4v) is 5.29. The van der Waals surface area contributed by atoms with Gasteiger partial charge in [0.25, 0.3) is 0 Å². The van der Waals surface area contributed by atoms with E-state index in [0.717, 1.165) is 44.3 Å². The van der Waals surface area contributed by atoms with Gasteiger partial charge in [0.1, 0.15) is 25.4 Å². The van der Waals surface area contributed by atoms with Crippen LogP contribution >= 0.6 is 0 Å². The highest BCUT2D eigenvalue weighted by atomic mass is 19.1. The molecule has 0 fully saturated rings. The standard InChI is InChI=1S/C35H31FNO/c1-22-12-17-27-28-18-19-29(36)32(34(28)38-33(27)31(22)30-11-6-7-20-37(30)5)24-15-13-23(14-16-24)25-9-8-10-26(21-25)35(2,3)4/h6-21H,1-5H3/q+1/i20D. The number of furan rings is 1. The molecule has 0 bridgehead atoms. The van der Waals surface area contributed by atoms with Gasteiger partial charge < -0.3 is 4.42 Å². The quantitative estimate of drug-likeness (QED) is 0.221. The normalized spacial score (nSPS) is 12.3. The van der Waals surface area contributed by atoms with Gasteiger partial charge in [0, 0.05) is 22.9 Å². The van der Waals surface area contributed by atoms with E-state index in [2.05, 4.69) is 51.1 Å². The molecule has 0 aliphatic rings. The molecule has 6 rings (SSSR count). The minimum Gasteiger partial charge on any atom is -0.454 e. The number of hydrogen-bond donors (Lipinski definition) is 0. The summed E-state index contributed by atoms with van der Waals surface area (Å²) in [5.41, 5.74) is 8.86. The Balaban J connectivity index is 1.52. The van der Waals surface area contributed by atoms with Gasteiger partial charge in [-0.25, -0.2) is 8.96 Å². The molecule has 3 heteroatoms. The van der Waals surface area contributed by atoms with E-state index >= 15 is 4.39 Å². The average molecular weight is 502 g/mol. The first kappa shape index (κ1) is 22.9. The Morgan fingerprint density at radius 2 is 1.42 bits per heavy atom. The second-order valence-corrected chi connectivity index (χ2v) is 11.0. The van der Waals surface area contributed by atoms with Gasteiger partial charge in [0.2, 0.25) is 5.69 Å². The summed E-state index contributed by atoms with van der Waals surface area (Å²) in [5, 5.41) is 1.80. The van der Waals surface area contributed by atoms with Gasteiger partial charge in [0.15, 0.2) is 6.17 Å². The predicted molar refractivity (Wildman–Crippen MR) is 155 cm³/mol. The highest BCUT2D eigenvalue weighted by molar-refractivity contribution is 6.13. The molecule has 0 N–H and O–H groups in total. The molecule has 0 aliphatic carbocycles. The molecule has 2 heterocycles. The first-order chi connectivity index (χ1) is 18.6. The molecule has 2 aromatic heterocycles. The molecule has 38 heavy (non-hydrogen) atoms. The van der Waals surface area contributed by atoms with Crippen LogP contribution in [-0.4, -0.2) is 0 Å². The Labute approximate surface area is 224 Å². The van der Waals surface area contributed by atoms with E-state index in [-0.39, 0.29) is 11.2 Å². The van der Waals surface area contributed by atoms with Crippen molar-refractivity contribution in [2.24, 2.45) is 7.05 Å². The number of benzene rings is 4. The van der Waals surface area contributed by atoms with Crippen LogP contribution in [0.2, 0.25) is 0 Å². The fourth-order valence-electron chi connectivity index (χ4n) is 5.29. The molecule has 0 unspecified atom stereocenters. The smallest absolute Gasteiger partial charge is 0.216 e. The lowest BCUT2D eigenvalue weighted by atomic mass is 9.85. The Kier molecular flexibility index (Phi) is 5.40. The van der Waals surface area contributed by atoms with Crippen LogP contribution in [0, 0.1) is 12.7 Å². The molecular weight excluding hydrogens is 469 g/mol. The Bertz CT molecular complexity index is 1880. The first-order valence-corrected chi connectivity index (χ1v) is 12.9. The maximum atomic E-state index is 15.5. The fraction of sp³-hybridized carbons (Fsp3) is 0.171. The average Bonchev–Trinajstić information content (AvgIpc) is 3.28. The summed E-state index contributed by atoms with van der Waals surface area (Å²) in [6, 6.07) is 29.7. The number of hydrogen-bond acceptors (Lipinski definition) is 1. The summed E-state index contributed by atoms with van der Waals surface area (Å²) in [4.78, 5) is 0. The third kappa shape index (κ3) is 3.99. The zero-order valence-electron chi connectivity index (χ0n) is 23.4. The zero-order valence-corrected chi connectivity index (χ0v) is 22.4. The van der Waals surface area contributed by atoms with Crippen LogP contribution in [0.1, 0.15) is 33.3 Å². The van der Waals surface area contributed by atoms with Crippen molar-refractivity contribution in [2.75, 3.05) is 0 Å². The van der Waals surface area contributed by atoms with E-state index in [0.29, 0.717) is 22.9 Å². The molecule has 0 amide bonds. The van der Waals surface area contributed by atoms with Gasteiger partial charge in [-0.15, -0.1) is 0 Å². The van der Waals surface area contributed by atoms with Crippen molar-refractivity contribution < 1.29 is 14.7 Å². The molecule has 4 aromatic carbocycles. The second kappa shape index (κ2) is 8.95. The van der Waals surface area contributed by atoms with Crippen LogP contribution in [0.3, 0.4) is 0 Å². The topological polar surface area (TPSA) is 17.0 Å². The van der Waals surface area contributed by atoms with Crippen LogP contribution < -0.4 is 4.57 Å². The van der Waals surface area contributed by atoms with Gasteiger partial charge >= 0.3 is 0 Å². The third-order valence-electron chi connectivity index (χ3n) is 7.44. The molecular formula is C35H31FNO+. The van der Waals surface area contributed by atoms with E-state index in [1.807, 2.05) is 61.0 Å². The molecule has 0 spiro atoms. The van der Waals surface area contributed by atoms with Crippen LogP contribution in [0.5, 0.6) is 0 Å². The van der Waals surface area contributed by atoms with Crippen molar-refractivity contribution in [3.05, 3.63) is 114 Å². The maximum Gasteiger partial charge on any atom is 0.216 e. The van der Waals surface area contributed by atoms with Crippen LogP contribution in [0.15, 0.2) is 102 Å². The third-order valence-corrected chi connectivity index (χ3v) is 7.44. The largest absolute Gasteiger partial charge is 0.454 e. The Morgan fingerprint density at radius 3 is 2.16 bits per heavy atom. The Morgan fingerprint density at radius 1 is 0.737 bits per heavy atom. The van der Waals surface area contributed by atoms with Crippen LogP contribution in [0.4, 0.5) is 4.39 Å². The number of aromatic nitrogens is 1. The maximum absolute atomic E-state index is 15.5. The number of nitrogens with zero attached hydrogens (tertiary/aromatic N) is 1. The van der Waals surface area contributed by atoms with Crippen molar-refractivity contribution >= 4 is 21.9 Å². The second-order valence-electron chi connectivity index (χ2n) is 11.0. The van der Waals surface area contributed by atoms with Gasteiger partial charge in [-0.05, 0) is 58.4 Å². The molecule has 0 aliphatic heterocycles. The number of rotatable bonds is 3. The Hall–Kier alpha value is -4.24. The lowest BCUT2D eigenvalue weighted by molar-refractivity contribution is -0.660. The highest BCUT2D eigenvalue weighted by Gasteiger charge is 2.23. The lowest BCUT2D eigenvalue weighted by Gasteiger charge is -2.20. The summed E-state index contributed by atoms with van der Waals surface area (Å²) in [6.07, 6.45) is 0.403. The molecule has 0 radical (unpaired) electrons. The van der Waals surface area contributed by atoms with E-state index < -0.39 is 0 Å². The van der Waals surface area contributed by atoms with Gasteiger partial charge in [-0.3, -0.25) is 0 Å². The van der Waals surface area contributed by atoms with Gasteiger partial charge in [-0.1, -0.05) is 81.4 Å². The van der Waals surface area contributed by atoms with Crippen molar-refractivity contribution in [3.8, 4) is 33.5 Å². The molecule has 0 saturated carbocycles. The summed E-state index contributed by atoms with van der Waals surface area (Å²) >= 11 is 0. The van der Waals surface area contributed by atoms with Crippen molar-refractivity contribution in [1.29, 1.82) is 0 Å². The summed E-state index contributed by atoms with van der Waals surface area (Å²) in [5.74, 6) is -0.319.